The highest BCUT2D eigenvalue weighted by Gasteiger charge is 2.09. The van der Waals surface area contributed by atoms with Gasteiger partial charge in [0.2, 0.25) is 0 Å². The lowest BCUT2D eigenvalue weighted by Gasteiger charge is -2.07. The first-order chi connectivity index (χ1) is 12.0. The van der Waals surface area contributed by atoms with Crippen LogP contribution >= 0.6 is 23.1 Å². The van der Waals surface area contributed by atoms with Gasteiger partial charge < -0.3 is 10.1 Å². The summed E-state index contributed by atoms with van der Waals surface area (Å²) >= 11 is 2.07. The largest absolute Gasteiger partial charge is 0.456 e. The smallest absolute Gasteiger partial charge is 0.306 e. The Morgan fingerprint density at radius 2 is 1.96 bits per heavy atom. The van der Waals surface area contributed by atoms with Crippen LogP contribution in [0.3, 0.4) is 0 Å². The number of aryl methyl sites for hydroxylation is 1. The molecule has 0 atom stereocenters. The van der Waals surface area contributed by atoms with E-state index in [1.807, 2.05) is 17.5 Å². The molecular formula is C17H17F2NO3S2. The van der Waals surface area contributed by atoms with Gasteiger partial charge in [0.25, 0.3) is 11.7 Å². The number of rotatable bonds is 9. The molecule has 1 aromatic heterocycles. The Bertz CT molecular complexity index is 676. The number of carbonyl (C=O) groups excluding carboxylic acids is 2. The third-order valence-electron chi connectivity index (χ3n) is 3.11. The minimum atomic E-state index is -2.49. The van der Waals surface area contributed by atoms with Crippen LogP contribution in [-0.2, 0) is 20.7 Å². The number of hydrogen-bond donors (Lipinski definition) is 1. The van der Waals surface area contributed by atoms with E-state index >= 15 is 0 Å². The van der Waals surface area contributed by atoms with Gasteiger partial charge in [-0.25, -0.2) is 0 Å². The van der Waals surface area contributed by atoms with Crippen LogP contribution in [0.5, 0.6) is 0 Å². The van der Waals surface area contributed by atoms with Gasteiger partial charge in [0.1, 0.15) is 0 Å². The topological polar surface area (TPSA) is 55.4 Å². The van der Waals surface area contributed by atoms with Crippen LogP contribution < -0.4 is 5.32 Å². The zero-order valence-corrected chi connectivity index (χ0v) is 14.9. The van der Waals surface area contributed by atoms with Gasteiger partial charge in [-0.05, 0) is 48.6 Å². The first kappa shape index (κ1) is 19.4. The molecule has 1 amide bonds. The number of alkyl halides is 2. The predicted molar refractivity (Wildman–Crippen MR) is 95.1 cm³/mol. The van der Waals surface area contributed by atoms with Gasteiger partial charge in [0, 0.05) is 21.9 Å². The molecule has 0 saturated heterocycles. The van der Waals surface area contributed by atoms with Crippen molar-refractivity contribution in [1.82, 2.24) is 0 Å². The van der Waals surface area contributed by atoms with Crippen molar-refractivity contribution in [3.8, 4) is 0 Å². The number of halogens is 2. The van der Waals surface area contributed by atoms with Gasteiger partial charge in [-0.1, -0.05) is 17.8 Å². The van der Waals surface area contributed by atoms with Crippen molar-refractivity contribution in [2.75, 3.05) is 11.9 Å². The first-order valence-corrected chi connectivity index (χ1v) is 9.31. The Morgan fingerprint density at radius 3 is 2.60 bits per heavy atom. The maximum Gasteiger partial charge on any atom is 0.306 e. The number of esters is 1. The summed E-state index contributed by atoms with van der Waals surface area (Å²) in [6.45, 7) is -0.370. The van der Waals surface area contributed by atoms with E-state index in [1.54, 1.807) is 11.3 Å². The minimum absolute atomic E-state index is 0.255. The molecule has 0 aliphatic heterocycles. The number of thioether (sulfide) groups is 1. The number of amides is 1. The summed E-state index contributed by atoms with van der Waals surface area (Å²) in [5.41, 5.74) is 0.456. The maximum atomic E-state index is 12.2. The van der Waals surface area contributed by atoms with Crippen molar-refractivity contribution in [1.29, 1.82) is 0 Å². The molecular weight excluding hydrogens is 368 g/mol. The van der Waals surface area contributed by atoms with Crippen LogP contribution in [0.4, 0.5) is 14.5 Å². The molecule has 0 radical (unpaired) electrons. The van der Waals surface area contributed by atoms with Crippen molar-refractivity contribution < 1.29 is 23.1 Å². The Hall–Kier alpha value is -1.93. The normalized spacial score (nSPS) is 10.7. The molecule has 1 N–H and O–H groups in total. The second-order valence-electron chi connectivity index (χ2n) is 5.04. The molecule has 134 valence electrons. The molecule has 0 fully saturated rings. The Labute approximate surface area is 152 Å². The van der Waals surface area contributed by atoms with Crippen molar-refractivity contribution in [3.63, 3.8) is 0 Å². The van der Waals surface area contributed by atoms with Crippen LogP contribution in [0, 0.1) is 0 Å². The van der Waals surface area contributed by atoms with Gasteiger partial charge in [-0.15, -0.1) is 11.3 Å². The molecule has 2 rings (SSSR count). The molecule has 0 spiro atoms. The molecule has 1 heterocycles. The van der Waals surface area contributed by atoms with E-state index in [0.29, 0.717) is 28.8 Å². The molecule has 0 aliphatic rings. The second kappa shape index (κ2) is 10.1. The summed E-state index contributed by atoms with van der Waals surface area (Å²) in [7, 11) is 0. The monoisotopic (exact) mass is 385 g/mol. The Kier molecular flexibility index (Phi) is 7.87. The minimum Gasteiger partial charge on any atom is -0.456 e. The van der Waals surface area contributed by atoms with Crippen molar-refractivity contribution in [2.24, 2.45) is 0 Å². The van der Waals surface area contributed by atoms with E-state index < -0.39 is 17.6 Å². The maximum absolute atomic E-state index is 12.2. The van der Waals surface area contributed by atoms with E-state index in [4.69, 9.17) is 4.74 Å². The highest BCUT2D eigenvalue weighted by atomic mass is 32.2. The fraction of sp³-hybridized carbons (Fsp3) is 0.294. The summed E-state index contributed by atoms with van der Waals surface area (Å²) in [5, 5.41) is 4.53. The van der Waals surface area contributed by atoms with E-state index in [0.717, 1.165) is 6.42 Å². The third kappa shape index (κ3) is 7.66. The van der Waals surface area contributed by atoms with Crippen LogP contribution in [0.25, 0.3) is 0 Å². The number of benzene rings is 1. The van der Waals surface area contributed by atoms with E-state index in [1.165, 1.54) is 29.1 Å². The van der Waals surface area contributed by atoms with Crippen LogP contribution in [-0.4, -0.2) is 24.2 Å². The molecule has 0 unspecified atom stereocenters. The molecule has 1 aromatic carbocycles. The average Bonchev–Trinajstić information content (AvgIpc) is 3.08. The molecule has 0 aliphatic carbocycles. The fourth-order valence-corrected chi connectivity index (χ4v) is 3.25. The van der Waals surface area contributed by atoms with Gasteiger partial charge in [-0.3, -0.25) is 9.59 Å². The molecule has 25 heavy (non-hydrogen) atoms. The molecule has 2 aromatic rings. The van der Waals surface area contributed by atoms with E-state index in [9.17, 15) is 18.4 Å². The lowest BCUT2D eigenvalue weighted by molar-refractivity contribution is -0.147. The molecule has 8 heteroatoms. The van der Waals surface area contributed by atoms with Gasteiger partial charge in [0.05, 0.1) is 0 Å². The van der Waals surface area contributed by atoms with Crippen molar-refractivity contribution in [3.05, 3.63) is 46.7 Å². The standard InChI is InChI=1S/C17H17F2NO3S2/c18-17(19)25-14-8-6-12(7-9-14)20-15(21)11-23-16(22)5-1-3-13-4-2-10-24-13/h2,4,6-10,17H,1,3,5,11H2,(H,20,21). The summed E-state index contributed by atoms with van der Waals surface area (Å²) < 4.78 is 29.4. The lowest BCUT2D eigenvalue weighted by atomic mass is 10.2. The number of ether oxygens (including phenoxy) is 1. The van der Waals surface area contributed by atoms with Crippen LogP contribution in [0.15, 0.2) is 46.7 Å². The van der Waals surface area contributed by atoms with Gasteiger partial charge in [-0.2, -0.15) is 8.78 Å². The van der Waals surface area contributed by atoms with Crippen molar-refractivity contribution >= 4 is 40.7 Å². The Balaban J connectivity index is 1.65. The average molecular weight is 385 g/mol. The predicted octanol–water partition coefficient (Wildman–Crippen LogP) is 4.57. The second-order valence-corrected chi connectivity index (χ2v) is 7.14. The van der Waals surface area contributed by atoms with E-state index in [-0.39, 0.29) is 13.0 Å². The van der Waals surface area contributed by atoms with E-state index in [2.05, 4.69) is 5.32 Å². The number of anilines is 1. The molecule has 4 nitrogen and oxygen atoms in total. The fourth-order valence-electron chi connectivity index (χ4n) is 2.00. The summed E-state index contributed by atoms with van der Waals surface area (Å²) in [6, 6.07) is 9.99. The molecule has 0 saturated carbocycles. The summed E-state index contributed by atoms with van der Waals surface area (Å²) in [5.74, 6) is -3.38. The highest BCUT2D eigenvalue weighted by Crippen LogP contribution is 2.26. The molecule has 0 bridgehead atoms. The van der Waals surface area contributed by atoms with Gasteiger partial charge in [0.15, 0.2) is 6.61 Å². The van der Waals surface area contributed by atoms with Crippen molar-refractivity contribution in [2.45, 2.75) is 29.9 Å². The lowest BCUT2D eigenvalue weighted by Crippen LogP contribution is -2.20. The van der Waals surface area contributed by atoms with Crippen LogP contribution in [0.1, 0.15) is 17.7 Å². The zero-order chi connectivity index (χ0) is 18.1. The summed E-state index contributed by atoms with van der Waals surface area (Å²) in [4.78, 5) is 24.9. The summed E-state index contributed by atoms with van der Waals surface area (Å²) in [6.07, 6.45) is 1.73. The third-order valence-corrected chi connectivity index (χ3v) is 4.77. The first-order valence-electron chi connectivity index (χ1n) is 7.55. The number of carbonyl (C=O) groups is 2. The van der Waals surface area contributed by atoms with Crippen LogP contribution in [0.2, 0.25) is 0 Å². The quantitative estimate of drug-likeness (QED) is 0.508. The highest BCUT2D eigenvalue weighted by molar-refractivity contribution is 7.99. The SMILES string of the molecule is O=C(COC(=O)CCCc1cccs1)Nc1ccc(SC(F)F)cc1. The number of nitrogens with one attached hydrogen (secondary N) is 1. The Morgan fingerprint density at radius 1 is 1.20 bits per heavy atom. The number of hydrogen-bond acceptors (Lipinski definition) is 5. The number of thiophene rings is 1. The zero-order valence-electron chi connectivity index (χ0n) is 13.2. The van der Waals surface area contributed by atoms with Gasteiger partial charge >= 0.3 is 5.97 Å².